The molecule has 1 unspecified atom stereocenters. The van der Waals surface area contributed by atoms with Crippen LogP contribution in [0, 0.1) is 13.8 Å². The van der Waals surface area contributed by atoms with E-state index in [2.05, 4.69) is 0 Å². The fourth-order valence-electron chi connectivity index (χ4n) is 1.93. The number of halogens is 1. The van der Waals surface area contributed by atoms with E-state index >= 15 is 0 Å². The van der Waals surface area contributed by atoms with Gasteiger partial charge in [0.15, 0.2) is 0 Å². The lowest BCUT2D eigenvalue weighted by Crippen LogP contribution is -2.39. The van der Waals surface area contributed by atoms with Crippen molar-refractivity contribution in [1.29, 1.82) is 0 Å². The van der Waals surface area contributed by atoms with Crippen LogP contribution in [0.2, 0.25) is 0 Å². The minimum absolute atomic E-state index is 0. The van der Waals surface area contributed by atoms with Crippen LogP contribution in [-0.4, -0.2) is 39.5 Å². The molecule has 116 valence electrons. The largest absolute Gasteiger partial charge is 0.496 e. The molecule has 1 rings (SSSR count). The summed E-state index contributed by atoms with van der Waals surface area (Å²) in [7, 11) is -0.404. The standard InChI is InChI=1S/C13H22N2O3S.ClH/c1-9-6-12(7-10(2)13(9)18-5)19(16,17)15(4)11(3)8-14;/h6-7,11H,8,14H2,1-5H3;1H. The van der Waals surface area contributed by atoms with Crippen molar-refractivity contribution < 1.29 is 13.2 Å². The van der Waals surface area contributed by atoms with E-state index < -0.39 is 10.0 Å². The first-order chi connectivity index (χ1) is 8.75. The fraction of sp³-hybridized carbons (Fsp3) is 0.538. The molecule has 0 aliphatic carbocycles. The minimum Gasteiger partial charge on any atom is -0.496 e. The molecular formula is C13H23ClN2O3S. The Labute approximate surface area is 127 Å². The summed E-state index contributed by atoms with van der Waals surface area (Å²) in [5.41, 5.74) is 7.13. The molecule has 0 saturated carbocycles. The SMILES string of the molecule is COc1c(C)cc(S(=O)(=O)N(C)C(C)CN)cc1C.Cl. The zero-order chi connectivity index (χ0) is 14.8. The highest BCUT2D eigenvalue weighted by molar-refractivity contribution is 7.89. The number of nitrogens with zero attached hydrogens (tertiary/aromatic N) is 1. The first-order valence-corrected chi connectivity index (χ1v) is 7.53. The van der Waals surface area contributed by atoms with Crippen molar-refractivity contribution >= 4 is 22.4 Å². The maximum Gasteiger partial charge on any atom is 0.243 e. The van der Waals surface area contributed by atoms with E-state index in [-0.39, 0.29) is 29.9 Å². The van der Waals surface area contributed by atoms with Gasteiger partial charge in [-0.15, -0.1) is 12.4 Å². The van der Waals surface area contributed by atoms with Gasteiger partial charge >= 0.3 is 0 Å². The van der Waals surface area contributed by atoms with Gasteiger partial charge in [0.05, 0.1) is 12.0 Å². The van der Waals surface area contributed by atoms with E-state index in [4.69, 9.17) is 10.5 Å². The number of nitrogens with two attached hydrogens (primary N) is 1. The Morgan fingerprint density at radius 3 is 2.10 bits per heavy atom. The van der Waals surface area contributed by atoms with Crippen LogP contribution in [0.15, 0.2) is 17.0 Å². The van der Waals surface area contributed by atoms with Crippen LogP contribution in [0.3, 0.4) is 0 Å². The van der Waals surface area contributed by atoms with Crippen LogP contribution in [0.5, 0.6) is 5.75 Å². The molecule has 0 fully saturated rings. The normalized spacial score (nSPS) is 12.9. The molecule has 1 aromatic carbocycles. The second kappa shape index (κ2) is 7.26. The summed E-state index contributed by atoms with van der Waals surface area (Å²) < 4.78 is 31.5. The van der Waals surface area contributed by atoms with Crippen LogP contribution in [0.4, 0.5) is 0 Å². The highest BCUT2D eigenvalue weighted by Crippen LogP contribution is 2.28. The van der Waals surface area contributed by atoms with Gasteiger partial charge in [-0.25, -0.2) is 8.42 Å². The summed E-state index contributed by atoms with van der Waals surface area (Å²) in [6, 6.07) is 3.01. The zero-order valence-corrected chi connectivity index (χ0v) is 14.1. The van der Waals surface area contributed by atoms with Gasteiger partial charge in [-0.2, -0.15) is 4.31 Å². The van der Waals surface area contributed by atoms with Gasteiger partial charge in [0.2, 0.25) is 10.0 Å². The Bertz CT molecular complexity index is 538. The van der Waals surface area contributed by atoms with Crippen molar-refractivity contribution in [3.05, 3.63) is 23.3 Å². The summed E-state index contributed by atoms with van der Waals surface area (Å²) in [5, 5.41) is 0. The molecule has 0 bridgehead atoms. The minimum atomic E-state index is -3.52. The lowest BCUT2D eigenvalue weighted by Gasteiger charge is -2.23. The monoisotopic (exact) mass is 322 g/mol. The Morgan fingerprint density at radius 1 is 1.30 bits per heavy atom. The van der Waals surface area contributed by atoms with Gasteiger partial charge in [-0.1, -0.05) is 0 Å². The molecular weight excluding hydrogens is 300 g/mol. The van der Waals surface area contributed by atoms with Gasteiger partial charge in [-0.05, 0) is 44.0 Å². The summed E-state index contributed by atoms with van der Waals surface area (Å²) >= 11 is 0. The molecule has 0 heterocycles. The third-order valence-corrected chi connectivity index (χ3v) is 5.23. The summed E-state index contributed by atoms with van der Waals surface area (Å²) in [5.74, 6) is 0.716. The van der Waals surface area contributed by atoms with Crippen molar-refractivity contribution in [2.24, 2.45) is 5.73 Å². The van der Waals surface area contributed by atoms with E-state index in [0.29, 0.717) is 5.75 Å². The van der Waals surface area contributed by atoms with Crippen LogP contribution < -0.4 is 10.5 Å². The summed E-state index contributed by atoms with van der Waals surface area (Å²) in [6.07, 6.45) is 0. The molecule has 20 heavy (non-hydrogen) atoms. The van der Waals surface area contributed by atoms with Gasteiger partial charge < -0.3 is 10.5 Å². The molecule has 0 spiro atoms. The Kier molecular flexibility index (Phi) is 6.97. The average Bonchev–Trinajstić information content (AvgIpc) is 2.36. The molecule has 1 aromatic rings. The number of benzene rings is 1. The van der Waals surface area contributed by atoms with E-state index in [1.165, 1.54) is 4.31 Å². The van der Waals surface area contributed by atoms with Crippen molar-refractivity contribution in [1.82, 2.24) is 4.31 Å². The molecule has 0 saturated heterocycles. The Morgan fingerprint density at radius 2 is 1.75 bits per heavy atom. The lowest BCUT2D eigenvalue weighted by molar-refractivity contribution is 0.393. The Balaban J connectivity index is 0.00000361. The highest BCUT2D eigenvalue weighted by Gasteiger charge is 2.25. The predicted molar refractivity (Wildman–Crippen MR) is 83.2 cm³/mol. The first-order valence-electron chi connectivity index (χ1n) is 6.09. The van der Waals surface area contributed by atoms with Crippen molar-refractivity contribution in [3.8, 4) is 5.75 Å². The number of likely N-dealkylation sites (N-methyl/N-ethyl adjacent to an activating group) is 1. The third-order valence-electron chi connectivity index (χ3n) is 3.28. The number of methoxy groups -OCH3 is 1. The van der Waals surface area contributed by atoms with Crippen LogP contribution in [0.1, 0.15) is 18.1 Å². The topological polar surface area (TPSA) is 72.6 Å². The number of hydrogen-bond acceptors (Lipinski definition) is 4. The van der Waals surface area contributed by atoms with E-state index in [1.54, 1.807) is 33.2 Å². The number of ether oxygens (including phenoxy) is 1. The average molecular weight is 323 g/mol. The van der Waals surface area contributed by atoms with E-state index in [1.807, 2.05) is 13.8 Å². The van der Waals surface area contributed by atoms with Crippen molar-refractivity contribution in [3.63, 3.8) is 0 Å². The van der Waals surface area contributed by atoms with Gasteiger partial charge in [0.25, 0.3) is 0 Å². The first kappa shape index (κ1) is 19.2. The maximum atomic E-state index is 12.5. The van der Waals surface area contributed by atoms with E-state index in [0.717, 1.165) is 11.1 Å². The van der Waals surface area contributed by atoms with Crippen LogP contribution in [-0.2, 0) is 10.0 Å². The molecule has 1 atom stereocenters. The molecule has 0 radical (unpaired) electrons. The van der Waals surface area contributed by atoms with Crippen molar-refractivity contribution in [2.75, 3.05) is 20.7 Å². The number of rotatable bonds is 5. The Hall–Kier alpha value is -0.820. The quantitative estimate of drug-likeness (QED) is 0.895. The van der Waals surface area contributed by atoms with Gasteiger partial charge in [-0.3, -0.25) is 0 Å². The van der Waals surface area contributed by atoms with Crippen molar-refractivity contribution in [2.45, 2.75) is 31.7 Å². The number of hydrogen-bond donors (Lipinski definition) is 1. The lowest BCUT2D eigenvalue weighted by atomic mass is 10.1. The highest BCUT2D eigenvalue weighted by atomic mass is 35.5. The smallest absolute Gasteiger partial charge is 0.243 e. The molecule has 0 aromatic heterocycles. The van der Waals surface area contributed by atoms with Crippen LogP contribution in [0.25, 0.3) is 0 Å². The number of aryl methyl sites for hydroxylation is 2. The number of sulfonamides is 1. The predicted octanol–water partition coefficient (Wildman–Crippen LogP) is 1.70. The molecule has 2 N–H and O–H groups in total. The van der Waals surface area contributed by atoms with Gasteiger partial charge in [0, 0.05) is 19.6 Å². The molecule has 5 nitrogen and oxygen atoms in total. The van der Waals surface area contributed by atoms with Gasteiger partial charge in [0.1, 0.15) is 5.75 Å². The van der Waals surface area contributed by atoms with E-state index in [9.17, 15) is 8.42 Å². The second-order valence-corrected chi connectivity index (χ2v) is 6.69. The molecule has 0 amide bonds. The zero-order valence-electron chi connectivity index (χ0n) is 12.5. The maximum absolute atomic E-state index is 12.5. The molecule has 0 aliphatic heterocycles. The second-order valence-electron chi connectivity index (χ2n) is 4.70. The molecule has 0 aliphatic rings. The summed E-state index contributed by atoms with van der Waals surface area (Å²) in [4.78, 5) is 0.270. The third kappa shape index (κ3) is 3.63. The molecule has 7 heteroatoms. The summed E-state index contributed by atoms with van der Waals surface area (Å²) in [6.45, 7) is 5.72. The fourth-order valence-corrected chi connectivity index (χ4v) is 3.48. The van der Waals surface area contributed by atoms with Crippen LogP contribution >= 0.6 is 12.4 Å².